The highest BCUT2D eigenvalue weighted by atomic mass is 16.5. The van der Waals surface area contributed by atoms with E-state index in [-0.39, 0.29) is 23.1 Å². The zero-order valence-corrected chi connectivity index (χ0v) is 27.5. The van der Waals surface area contributed by atoms with Crippen LogP contribution in [0, 0.1) is 5.41 Å². The van der Waals surface area contributed by atoms with E-state index in [2.05, 4.69) is 49.2 Å². The van der Waals surface area contributed by atoms with E-state index in [0.29, 0.717) is 36.3 Å². The van der Waals surface area contributed by atoms with Crippen LogP contribution in [0.3, 0.4) is 0 Å². The summed E-state index contributed by atoms with van der Waals surface area (Å²) in [5.74, 6) is 1.37. The molecule has 3 aliphatic rings. The van der Waals surface area contributed by atoms with Crippen LogP contribution in [0.5, 0.6) is 11.8 Å². The average molecular weight is 654 g/mol. The van der Waals surface area contributed by atoms with Crippen molar-refractivity contribution >= 4 is 39.8 Å². The third kappa shape index (κ3) is 7.04. The van der Waals surface area contributed by atoms with Crippen molar-refractivity contribution in [2.45, 2.75) is 0 Å². The lowest BCUT2D eigenvalue weighted by molar-refractivity contribution is 0.132. The summed E-state index contributed by atoms with van der Waals surface area (Å²) in [6.45, 7) is 10.8. The number of piperazine rings is 2. The maximum atomic E-state index is 8.73. The Labute approximate surface area is 279 Å². The van der Waals surface area contributed by atoms with E-state index in [1.54, 1.807) is 15.1 Å². The first kappa shape index (κ1) is 31.8. The fourth-order valence-corrected chi connectivity index (χ4v) is 5.98. The largest absolute Gasteiger partial charge is 0.474 e. The molecule has 0 unspecified atom stereocenters. The predicted octanol–water partition coefficient (Wildman–Crippen LogP) is 1.65. The van der Waals surface area contributed by atoms with Gasteiger partial charge in [-0.3, -0.25) is 15.2 Å². The number of hydrogen-bond acceptors (Lipinski definition) is 12. The van der Waals surface area contributed by atoms with Gasteiger partial charge in [-0.1, -0.05) is 12.1 Å². The van der Waals surface area contributed by atoms with Crippen LogP contribution in [0.2, 0.25) is 0 Å². The number of aromatic nitrogens is 4. The van der Waals surface area contributed by atoms with Crippen LogP contribution in [0.15, 0.2) is 70.5 Å². The lowest BCUT2D eigenvalue weighted by Crippen LogP contribution is -2.45. The Balaban J connectivity index is 1.13. The Hall–Kier alpha value is -4.83. The zero-order chi connectivity index (χ0) is 33.0. The van der Waals surface area contributed by atoms with Gasteiger partial charge < -0.3 is 30.3 Å². The molecule has 252 valence electrons. The van der Waals surface area contributed by atoms with Crippen molar-refractivity contribution in [3.05, 3.63) is 60.6 Å². The first-order chi connectivity index (χ1) is 23.4. The molecule has 48 heavy (non-hydrogen) atoms. The number of dihydropyridines is 1. The number of amidine groups is 2. The summed E-state index contributed by atoms with van der Waals surface area (Å²) >= 11 is 0. The molecule has 0 bridgehead atoms. The molecule has 0 aromatic carbocycles. The molecule has 4 aromatic heterocycles. The molecular formula is C33H43N13O2. The molecule has 0 aliphatic carbocycles. The monoisotopic (exact) mass is 653 g/mol. The van der Waals surface area contributed by atoms with Gasteiger partial charge in [-0.2, -0.15) is 0 Å². The quantitative estimate of drug-likeness (QED) is 0.230. The number of likely N-dealkylation sites (N-methyl/N-ethyl adjacent to an activating group) is 2. The Morgan fingerprint density at radius 1 is 0.792 bits per heavy atom. The first-order valence-corrected chi connectivity index (χ1v) is 16.4. The van der Waals surface area contributed by atoms with E-state index in [0.717, 1.165) is 76.5 Å². The molecule has 0 amide bonds. The number of rotatable bonds is 10. The Bertz CT molecular complexity index is 1860. The number of pyridine rings is 2. The lowest BCUT2D eigenvalue weighted by Gasteiger charge is -2.32. The lowest BCUT2D eigenvalue weighted by atomic mass is 10.2. The van der Waals surface area contributed by atoms with Crippen molar-refractivity contribution in [1.29, 1.82) is 5.41 Å². The molecule has 0 spiro atoms. The SMILES string of the molecule is CN1CCN(CCOc2nn3ccccc3c2N=C2N=C(Nc3c(OCCN4CCN(C)CC4)nn4ccccc34)C(=N)C=C2N)CC1. The van der Waals surface area contributed by atoms with Crippen LogP contribution in [0.1, 0.15) is 0 Å². The standard InChI is InChI=1S/C33H43N13O2/c1-41-11-15-43(16-12-41)19-21-47-32-28(26-7-3-5-9-45(26)39-32)36-30-24(34)23-25(35)31(38-30)37-29-27-8-4-6-10-46(27)40-33(29)48-22-20-44-17-13-42(2)14-18-44/h3-10,23,34H,11-22,35H2,1-2H3,(H,36,37,38). The highest BCUT2D eigenvalue weighted by Crippen LogP contribution is 2.33. The molecule has 7 rings (SSSR count). The van der Waals surface area contributed by atoms with Gasteiger partial charge in [0, 0.05) is 77.8 Å². The van der Waals surface area contributed by atoms with Crippen LogP contribution < -0.4 is 20.5 Å². The Morgan fingerprint density at radius 2 is 1.35 bits per heavy atom. The van der Waals surface area contributed by atoms with Crippen molar-refractivity contribution < 1.29 is 9.47 Å². The Kier molecular flexibility index (Phi) is 9.34. The van der Waals surface area contributed by atoms with Crippen LogP contribution in [-0.2, 0) is 0 Å². The van der Waals surface area contributed by atoms with E-state index >= 15 is 0 Å². The summed E-state index contributed by atoms with van der Waals surface area (Å²) in [4.78, 5) is 19.1. The number of aliphatic imine (C=N–C) groups is 2. The molecule has 15 heteroatoms. The summed E-state index contributed by atoms with van der Waals surface area (Å²) in [7, 11) is 4.29. The van der Waals surface area contributed by atoms with Crippen LogP contribution in [-0.4, -0.2) is 149 Å². The molecule has 0 radical (unpaired) electrons. The van der Waals surface area contributed by atoms with Crippen LogP contribution in [0.4, 0.5) is 11.4 Å². The molecule has 2 fully saturated rings. The molecule has 2 saturated heterocycles. The average Bonchev–Trinajstić information content (AvgIpc) is 3.62. The van der Waals surface area contributed by atoms with Gasteiger partial charge in [-0.25, -0.2) is 19.0 Å². The summed E-state index contributed by atoms with van der Waals surface area (Å²) in [5.41, 5.74) is 9.51. The Morgan fingerprint density at radius 3 is 2.00 bits per heavy atom. The van der Waals surface area contributed by atoms with Gasteiger partial charge in [-0.05, 0) is 44.4 Å². The van der Waals surface area contributed by atoms with Crippen molar-refractivity contribution in [3.8, 4) is 11.8 Å². The normalized spacial score (nSPS) is 19.6. The van der Waals surface area contributed by atoms with Gasteiger partial charge in [0.05, 0.1) is 22.4 Å². The molecule has 3 aliphatic heterocycles. The third-order valence-electron chi connectivity index (χ3n) is 8.97. The van der Waals surface area contributed by atoms with Crippen molar-refractivity contribution in [2.75, 3.05) is 98.1 Å². The van der Waals surface area contributed by atoms with Gasteiger partial charge in [0.1, 0.15) is 18.9 Å². The van der Waals surface area contributed by atoms with Crippen molar-refractivity contribution in [2.24, 2.45) is 15.7 Å². The zero-order valence-electron chi connectivity index (χ0n) is 27.5. The van der Waals surface area contributed by atoms with Crippen LogP contribution >= 0.6 is 0 Å². The van der Waals surface area contributed by atoms with E-state index in [4.69, 9.17) is 30.6 Å². The fraction of sp³-hybridized carbons (Fsp3) is 0.424. The number of ether oxygens (including phenoxy) is 2. The first-order valence-electron chi connectivity index (χ1n) is 16.4. The summed E-state index contributed by atoms with van der Waals surface area (Å²) in [6.07, 6.45) is 5.27. The van der Waals surface area contributed by atoms with E-state index in [1.807, 2.05) is 48.8 Å². The van der Waals surface area contributed by atoms with Gasteiger partial charge in [0.15, 0.2) is 17.4 Å². The summed E-state index contributed by atoms with van der Waals surface area (Å²) in [6, 6.07) is 11.6. The van der Waals surface area contributed by atoms with Gasteiger partial charge >= 0.3 is 0 Å². The molecule has 4 N–H and O–H groups in total. The van der Waals surface area contributed by atoms with Gasteiger partial charge in [0.2, 0.25) is 0 Å². The van der Waals surface area contributed by atoms with Crippen LogP contribution in [0.25, 0.3) is 11.0 Å². The summed E-state index contributed by atoms with van der Waals surface area (Å²) < 4.78 is 15.9. The van der Waals surface area contributed by atoms with Crippen molar-refractivity contribution in [1.82, 2.24) is 38.8 Å². The minimum atomic E-state index is 0.119. The number of nitrogens with two attached hydrogens (primary N) is 1. The highest BCUT2D eigenvalue weighted by molar-refractivity contribution is 6.52. The van der Waals surface area contributed by atoms with Gasteiger partial charge in [-0.15, -0.1) is 10.2 Å². The second-order valence-electron chi connectivity index (χ2n) is 12.4. The van der Waals surface area contributed by atoms with E-state index < -0.39 is 0 Å². The van der Waals surface area contributed by atoms with E-state index in [1.165, 1.54) is 0 Å². The van der Waals surface area contributed by atoms with Gasteiger partial charge in [0.25, 0.3) is 11.8 Å². The number of hydrogen-bond donors (Lipinski definition) is 3. The fourth-order valence-electron chi connectivity index (χ4n) is 5.98. The summed E-state index contributed by atoms with van der Waals surface area (Å²) in [5, 5.41) is 21.4. The third-order valence-corrected chi connectivity index (χ3v) is 8.97. The number of anilines is 1. The smallest absolute Gasteiger partial charge is 0.260 e. The van der Waals surface area contributed by atoms with Crippen molar-refractivity contribution in [3.63, 3.8) is 0 Å². The molecule has 15 nitrogen and oxygen atoms in total. The second-order valence-corrected chi connectivity index (χ2v) is 12.4. The topological polar surface area (TPSA) is 153 Å². The molecule has 0 saturated carbocycles. The number of nitrogens with one attached hydrogen (secondary N) is 2. The molecule has 4 aromatic rings. The number of fused-ring (bicyclic) bond motifs is 2. The van der Waals surface area contributed by atoms with E-state index in [9.17, 15) is 0 Å². The maximum absolute atomic E-state index is 8.73. The second kappa shape index (κ2) is 14.1. The number of nitrogens with zero attached hydrogens (tertiary/aromatic N) is 10. The highest BCUT2D eigenvalue weighted by Gasteiger charge is 2.24. The minimum Gasteiger partial charge on any atom is -0.474 e. The molecular weight excluding hydrogens is 610 g/mol. The minimum absolute atomic E-state index is 0.119. The maximum Gasteiger partial charge on any atom is 0.260 e. The molecule has 0 atom stereocenters. The molecule has 7 heterocycles. The predicted molar refractivity (Wildman–Crippen MR) is 187 cm³/mol.